The second kappa shape index (κ2) is 6.53. The number of benzene rings is 1. The van der Waals surface area contributed by atoms with Gasteiger partial charge < -0.3 is 5.32 Å². The number of nitrogens with one attached hydrogen (secondary N) is 1. The highest BCUT2D eigenvalue weighted by Gasteiger charge is 2.57. The van der Waals surface area contributed by atoms with Crippen LogP contribution < -0.4 is 10.5 Å². The molecule has 134 valence electrons. The van der Waals surface area contributed by atoms with Crippen molar-refractivity contribution in [3.05, 3.63) is 53.9 Å². The third-order valence-corrected chi connectivity index (χ3v) is 5.55. The Balaban J connectivity index is 1.67. The number of nitrogens with zero attached hydrogens (tertiary/aromatic N) is 1. The average Bonchev–Trinajstić information content (AvgIpc) is 3.13. The number of rotatable bonds is 5. The quantitative estimate of drug-likeness (QED) is 0.737. The van der Waals surface area contributed by atoms with E-state index in [1.165, 1.54) is 23.7 Å². The molecule has 1 aromatic carbocycles. The van der Waals surface area contributed by atoms with Gasteiger partial charge in [-0.05, 0) is 59.0 Å². The van der Waals surface area contributed by atoms with Gasteiger partial charge in [0.05, 0.1) is 0 Å². The molecule has 0 aliphatic heterocycles. The van der Waals surface area contributed by atoms with Crippen LogP contribution in [-0.2, 0) is 6.18 Å². The van der Waals surface area contributed by atoms with Gasteiger partial charge in [-0.3, -0.25) is 10.1 Å². The molecule has 2 atom stereocenters. The van der Waals surface area contributed by atoms with Crippen LogP contribution in [0.5, 0.6) is 0 Å². The van der Waals surface area contributed by atoms with E-state index in [0.717, 1.165) is 11.0 Å². The van der Waals surface area contributed by atoms with E-state index in [1.807, 2.05) is 12.1 Å². The Morgan fingerprint density at radius 1 is 1.20 bits per heavy atom. The summed E-state index contributed by atoms with van der Waals surface area (Å²) in [5.74, 6) is 0.729. The summed E-state index contributed by atoms with van der Waals surface area (Å²) in [6, 6.07) is 10.8. The topological polar surface area (TPSA) is 50.9 Å². The molecular formula is C18H20F3N3S. The predicted molar refractivity (Wildman–Crippen MR) is 94.2 cm³/mol. The van der Waals surface area contributed by atoms with Crippen molar-refractivity contribution in [3.8, 4) is 0 Å². The molecule has 3 rings (SSSR count). The molecular weight excluding hydrogens is 347 g/mol. The molecule has 0 bridgehead atoms. The number of halogens is 3. The van der Waals surface area contributed by atoms with E-state index in [0.29, 0.717) is 24.1 Å². The Morgan fingerprint density at radius 2 is 1.88 bits per heavy atom. The van der Waals surface area contributed by atoms with E-state index in [9.17, 15) is 13.2 Å². The molecule has 1 heterocycles. The molecule has 2 aromatic rings. The Morgan fingerprint density at radius 3 is 2.48 bits per heavy atom. The molecule has 3 nitrogen and oxygen atoms in total. The van der Waals surface area contributed by atoms with E-state index in [2.05, 4.69) is 36.3 Å². The summed E-state index contributed by atoms with van der Waals surface area (Å²) in [6.07, 6.45) is -3.24. The maximum atomic E-state index is 12.7. The molecule has 1 aliphatic carbocycles. The van der Waals surface area contributed by atoms with Crippen LogP contribution in [0.15, 0.2) is 47.5 Å². The molecule has 0 amide bonds. The highest BCUT2D eigenvalue weighted by molar-refractivity contribution is 7.97. The first-order valence-electron chi connectivity index (χ1n) is 7.97. The third kappa shape index (κ3) is 3.77. The first kappa shape index (κ1) is 18.1. The number of anilines is 1. The highest BCUT2D eigenvalue weighted by atomic mass is 32.2. The van der Waals surface area contributed by atoms with E-state index < -0.39 is 11.9 Å². The van der Waals surface area contributed by atoms with Crippen molar-refractivity contribution in [3.63, 3.8) is 0 Å². The van der Waals surface area contributed by atoms with Crippen LogP contribution in [0.4, 0.5) is 18.9 Å². The monoisotopic (exact) mass is 367 g/mol. The second-order valence-electron chi connectivity index (χ2n) is 6.90. The molecule has 3 N–H and O–H groups in total. The third-order valence-electron chi connectivity index (χ3n) is 5.00. The van der Waals surface area contributed by atoms with Crippen LogP contribution in [0.2, 0.25) is 0 Å². The van der Waals surface area contributed by atoms with Crippen molar-refractivity contribution in [1.82, 2.24) is 4.98 Å². The lowest BCUT2D eigenvalue weighted by Crippen LogP contribution is -2.11. The van der Waals surface area contributed by atoms with Gasteiger partial charge in [-0.2, -0.15) is 13.2 Å². The van der Waals surface area contributed by atoms with Gasteiger partial charge in [0.2, 0.25) is 0 Å². The number of alkyl halides is 3. The number of aromatic nitrogens is 1. The predicted octanol–water partition coefficient (Wildman–Crippen LogP) is 4.92. The van der Waals surface area contributed by atoms with Crippen molar-refractivity contribution in [2.24, 2.45) is 16.5 Å². The first-order chi connectivity index (χ1) is 11.7. The smallest absolute Gasteiger partial charge is 0.385 e. The summed E-state index contributed by atoms with van der Waals surface area (Å²) in [5, 5.41) is 8.68. The van der Waals surface area contributed by atoms with Crippen molar-refractivity contribution in [2.75, 3.05) is 11.9 Å². The van der Waals surface area contributed by atoms with Gasteiger partial charge in [-0.1, -0.05) is 26.0 Å². The minimum Gasteiger partial charge on any atom is -0.385 e. The lowest BCUT2D eigenvalue weighted by atomic mass is 10.0. The molecule has 1 aromatic heterocycles. The van der Waals surface area contributed by atoms with Crippen LogP contribution >= 0.6 is 11.9 Å². The van der Waals surface area contributed by atoms with Gasteiger partial charge in [-0.15, -0.1) is 0 Å². The molecule has 0 radical (unpaired) electrons. The zero-order valence-electron chi connectivity index (χ0n) is 14.0. The minimum atomic E-state index is -4.43. The summed E-state index contributed by atoms with van der Waals surface area (Å²) >= 11 is 1.21. The van der Waals surface area contributed by atoms with Crippen molar-refractivity contribution in [2.45, 2.75) is 30.8 Å². The van der Waals surface area contributed by atoms with Gasteiger partial charge in [0.15, 0.2) is 0 Å². The van der Waals surface area contributed by atoms with Gasteiger partial charge in [-0.25, -0.2) is 0 Å². The Kier molecular flexibility index (Phi) is 4.72. The van der Waals surface area contributed by atoms with E-state index in [-0.39, 0.29) is 5.41 Å². The molecule has 1 aliphatic rings. The molecule has 1 saturated carbocycles. The van der Waals surface area contributed by atoms with Crippen LogP contribution in [-0.4, -0.2) is 11.5 Å². The number of nitrogens with two attached hydrogens (primary N) is 1. The molecule has 25 heavy (non-hydrogen) atoms. The fraction of sp³-hybridized carbons (Fsp3) is 0.389. The van der Waals surface area contributed by atoms with Crippen molar-refractivity contribution in [1.29, 1.82) is 0 Å². The summed E-state index contributed by atoms with van der Waals surface area (Å²) in [4.78, 5) is 4.39. The van der Waals surface area contributed by atoms with E-state index >= 15 is 0 Å². The summed E-state index contributed by atoms with van der Waals surface area (Å²) in [5.41, 5.74) is 0.905. The largest absolute Gasteiger partial charge is 0.433 e. The fourth-order valence-corrected chi connectivity index (χ4v) is 3.76. The zero-order chi connectivity index (χ0) is 18.2. The summed E-state index contributed by atoms with van der Waals surface area (Å²) < 4.78 is 38.2. The fourth-order valence-electron chi connectivity index (χ4n) is 3.46. The number of hydrogen-bond acceptors (Lipinski definition) is 4. The first-order valence-corrected chi connectivity index (χ1v) is 8.85. The normalized spacial score (nSPS) is 21.8. The van der Waals surface area contributed by atoms with E-state index in [1.54, 1.807) is 6.07 Å². The lowest BCUT2D eigenvalue weighted by molar-refractivity contribution is -0.141. The molecule has 0 spiro atoms. The van der Waals surface area contributed by atoms with Gasteiger partial charge in [0.25, 0.3) is 0 Å². The highest BCUT2D eigenvalue weighted by Crippen LogP contribution is 2.64. The van der Waals surface area contributed by atoms with Crippen LogP contribution in [0.25, 0.3) is 0 Å². The standard InChI is InChI=1S/C18H20F3N3S/c1-17(2)14(16(17)11-3-5-13(25-22)6-4-11)10-24-12-7-8-23-15(9-12)18(19,20)21/h3-9,14,16H,10,22H2,1-2H3,(H,23,24)/t14-,16-/m1/s1. The Hall–Kier alpha value is -1.73. The second-order valence-corrected chi connectivity index (χ2v) is 7.61. The SMILES string of the molecule is CC1(C)[C@H](CNc2ccnc(C(F)(F)F)c2)[C@H]1c1ccc(SN)cc1. The summed E-state index contributed by atoms with van der Waals surface area (Å²) in [6.45, 7) is 4.99. The van der Waals surface area contributed by atoms with Gasteiger partial charge in [0, 0.05) is 23.3 Å². The zero-order valence-corrected chi connectivity index (χ0v) is 14.8. The number of hydrogen-bond donors (Lipinski definition) is 2. The molecule has 0 unspecified atom stereocenters. The van der Waals surface area contributed by atoms with Crippen LogP contribution in [0, 0.1) is 11.3 Å². The molecule has 7 heteroatoms. The van der Waals surface area contributed by atoms with Crippen LogP contribution in [0.3, 0.4) is 0 Å². The average molecular weight is 367 g/mol. The Labute approximate surface area is 149 Å². The Bertz CT molecular complexity index is 744. The minimum absolute atomic E-state index is 0.101. The lowest BCUT2D eigenvalue weighted by Gasteiger charge is -2.10. The molecule has 0 saturated heterocycles. The maximum Gasteiger partial charge on any atom is 0.433 e. The van der Waals surface area contributed by atoms with Gasteiger partial charge >= 0.3 is 6.18 Å². The van der Waals surface area contributed by atoms with Gasteiger partial charge in [0.1, 0.15) is 5.69 Å². The number of pyridine rings is 1. The van der Waals surface area contributed by atoms with Crippen molar-refractivity contribution >= 4 is 17.6 Å². The maximum absolute atomic E-state index is 12.7. The van der Waals surface area contributed by atoms with Crippen LogP contribution in [0.1, 0.15) is 31.0 Å². The summed E-state index contributed by atoms with van der Waals surface area (Å²) in [7, 11) is 0. The molecule has 1 fully saturated rings. The van der Waals surface area contributed by atoms with E-state index in [4.69, 9.17) is 5.14 Å². The van der Waals surface area contributed by atoms with Crippen molar-refractivity contribution < 1.29 is 13.2 Å².